The molecule has 1 aromatic carbocycles. The first-order chi connectivity index (χ1) is 8.70. The molecule has 1 aliphatic rings. The molecule has 1 heterocycles. The Morgan fingerprint density at radius 2 is 2.39 bits per heavy atom. The molecule has 0 radical (unpaired) electrons. The van der Waals surface area contributed by atoms with E-state index in [0.717, 1.165) is 36.4 Å². The molecule has 98 valence electrons. The van der Waals surface area contributed by atoms with Crippen molar-refractivity contribution in [1.29, 1.82) is 0 Å². The Kier molecular flexibility index (Phi) is 4.20. The Balaban J connectivity index is 2.09. The second-order valence-corrected chi connectivity index (χ2v) is 4.57. The van der Waals surface area contributed by atoms with Gasteiger partial charge in [0.05, 0.1) is 18.3 Å². The topological polar surface area (TPSA) is 50.4 Å². The van der Waals surface area contributed by atoms with Gasteiger partial charge in [-0.2, -0.15) is 0 Å². The summed E-state index contributed by atoms with van der Waals surface area (Å²) in [7, 11) is 0. The number of hydrogen-bond acceptors (Lipinski definition) is 3. The summed E-state index contributed by atoms with van der Waals surface area (Å²) in [6, 6.07) is 5.75. The SMILES string of the molecule is CCOc1cc(C)ccc1NC(=O)C1CCCN1. The first-order valence-electron chi connectivity index (χ1n) is 6.48. The molecular formula is C14H20N2O2. The van der Waals surface area contributed by atoms with Crippen LogP contribution in [0.15, 0.2) is 18.2 Å². The smallest absolute Gasteiger partial charge is 0.241 e. The fourth-order valence-corrected chi connectivity index (χ4v) is 2.14. The van der Waals surface area contributed by atoms with Crippen LogP contribution in [0.2, 0.25) is 0 Å². The molecule has 0 saturated carbocycles. The molecule has 4 nitrogen and oxygen atoms in total. The third-order valence-corrected chi connectivity index (χ3v) is 3.07. The number of nitrogens with one attached hydrogen (secondary N) is 2. The number of rotatable bonds is 4. The largest absolute Gasteiger partial charge is 0.492 e. The number of amides is 1. The predicted molar refractivity (Wildman–Crippen MR) is 72.0 cm³/mol. The van der Waals surface area contributed by atoms with E-state index in [1.807, 2.05) is 32.0 Å². The zero-order chi connectivity index (χ0) is 13.0. The van der Waals surface area contributed by atoms with Gasteiger partial charge in [-0.05, 0) is 50.9 Å². The highest BCUT2D eigenvalue weighted by atomic mass is 16.5. The summed E-state index contributed by atoms with van der Waals surface area (Å²) in [6.45, 7) is 5.46. The van der Waals surface area contributed by atoms with Gasteiger partial charge in [-0.3, -0.25) is 4.79 Å². The molecule has 0 aromatic heterocycles. The number of hydrogen-bond donors (Lipinski definition) is 2. The second-order valence-electron chi connectivity index (χ2n) is 4.57. The van der Waals surface area contributed by atoms with Crippen molar-refractivity contribution >= 4 is 11.6 Å². The lowest BCUT2D eigenvalue weighted by atomic mass is 10.2. The van der Waals surface area contributed by atoms with Crippen molar-refractivity contribution < 1.29 is 9.53 Å². The zero-order valence-corrected chi connectivity index (χ0v) is 11.0. The molecule has 4 heteroatoms. The van der Waals surface area contributed by atoms with Crippen LogP contribution < -0.4 is 15.4 Å². The van der Waals surface area contributed by atoms with Crippen LogP contribution >= 0.6 is 0 Å². The first-order valence-corrected chi connectivity index (χ1v) is 6.48. The molecule has 18 heavy (non-hydrogen) atoms. The van der Waals surface area contributed by atoms with Crippen LogP contribution in [0.25, 0.3) is 0 Å². The van der Waals surface area contributed by atoms with Crippen LogP contribution in [0, 0.1) is 6.92 Å². The maximum absolute atomic E-state index is 12.0. The number of carbonyl (C=O) groups is 1. The van der Waals surface area contributed by atoms with Crippen molar-refractivity contribution in [2.24, 2.45) is 0 Å². The fourth-order valence-electron chi connectivity index (χ4n) is 2.14. The summed E-state index contributed by atoms with van der Waals surface area (Å²) in [5, 5.41) is 6.12. The third kappa shape index (κ3) is 3.01. The molecule has 1 aromatic rings. The van der Waals surface area contributed by atoms with Gasteiger partial charge in [-0.25, -0.2) is 0 Å². The molecule has 0 spiro atoms. The van der Waals surface area contributed by atoms with Crippen molar-refractivity contribution in [1.82, 2.24) is 5.32 Å². The van der Waals surface area contributed by atoms with Gasteiger partial charge in [-0.1, -0.05) is 6.07 Å². The minimum Gasteiger partial charge on any atom is -0.492 e. The Morgan fingerprint density at radius 3 is 3.06 bits per heavy atom. The van der Waals surface area contributed by atoms with E-state index in [4.69, 9.17) is 4.74 Å². The molecule has 1 saturated heterocycles. The molecule has 1 amide bonds. The van der Waals surface area contributed by atoms with Crippen LogP contribution in [-0.4, -0.2) is 25.1 Å². The highest BCUT2D eigenvalue weighted by Crippen LogP contribution is 2.26. The summed E-state index contributed by atoms with van der Waals surface area (Å²) < 4.78 is 5.55. The van der Waals surface area contributed by atoms with Crippen LogP contribution in [-0.2, 0) is 4.79 Å². The van der Waals surface area contributed by atoms with E-state index >= 15 is 0 Å². The van der Waals surface area contributed by atoms with E-state index < -0.39 is 0 Å². The summed E-state index contributed by atoms with van der Waals surface area (Å²) in [6.07, 6.45) is 1.96. The monoisotopic (exact) mass is 248 g/mol. The highest BCUT2D eigenvalue weighted by molar-refractivity contribution is 5.96. The van der Waals surface area contributed by atoms with Crippen LogP contribution in [0.3, 0.4) is 0 Å². The first kappa shape index (κ1) is 12.9. The van der Waals surface area contributed by atoms with Gasteiger partial charge in [0.2, 0.25) is 5.91 Å². The number of anilines is 1. The van der Waals surface area contributed by atoms with Crippen molar-refractivity contribution in [3.8, 4) is 5.75 Å². The van der Waals surface area contributed by atoms with E-state index in [1.54, 1.807) is 0 Å². The van der Waals surface area contributed by atoms with Gasteiger partial charge in [-0.15, -0.1) is 0 Å². The van der Waals surface area contributed by atoms with E-state index in [9.17, 15) is 4.79 Å². The number of carbonyl (C=O) groups excluding carboxylic acids is 1. The molecule has 1 atom stereocenters. The van der Waals surface area contributed by atoms with Crippen molar-refractivity contribution in [2.45, 2.75) is 32.7 Å². The van der Waals surface area contributed by atoms with Crippen molar-refractivity contribution in [2.75, 3.05) is 18.5 Å². The third-order valence-electron chi connectivity index (χ3n) is 3.07. The molecule has 2 N–H and O–H groups in total. The van der Waals surface area contributed by atoms with Crippen LogP contribution in [0.4, 0.5) is 5.69 Å². The molecule has 0 aliphatic carbocycles. The quantitative estimate of drug-likeness (QED) is 0.857. The summed E-state index contributed by atoms with van der Waals surface area (Å²) in [5.41, 5.74) is 1.87. The normalized spacial score (nSPS) is 18.7. The van der Waals surface area contributed by atoms with Gasteiger partial charge in [0.25, 0.3) is 0 Å². The maximum Gasteiger partial charge on any atom is 0.241 e. The zero-order valence-electron chi connectivity index (χ0n) is 11.0. The van der Waals surface area contributed by atoms with E-state index in [1.165, 1.54) is 0 Å². The van der Waals surface area contributed by atoms with Crippen molar-refractivity contribution in [3.05, 3.63) is 23.8 Å². The molecular weight excluding hydrogens is 228 g/mol. The summed E-state index contributed by atoms with van der Waals surface area (Å²) in [5.74, 6) is 0.765. The Bertz CT molecular complexity index is 426. The van der Waals surface area contributed by atoms with Gasteiger partial charge in [0.1, 0.15) is 5.75 Å². The van der Waals surface area contributed by atoms with Crippen LogP contribution in [0.5, 0.6) is 5.75 Å². The molecule has 1 fully saturated rings. The maximum atomic E-state index is 12.0. The number of aryl methyl sites for hydroxylation is 1. The van der Waals surface area contributed by atoms with Gasteiger partial charge in [0.15, 0.2) is 0 Å². The number of benzene rings is 1. The minimum atomic E-state index is -0.0687. The van der Waals surface area contributed by atoms with E-state index in [2.05, 4.69) is 10.6 Å². The molecule has 2 rings (SSSR count). The highest BCUT2D eigenvalue weighted by Gasteiger charge is 2.22. The Hall–Kier alpha value is -1.55. The Labute approximate surface area is 108 Å². The average Bonchev–Trinajstić information content (AvgIpc) is 2.86. The lowest BCUT2D eigenvalue weighted by molar-refractivity contribution is -0.117. The minimum absolute atomic E-state index is 0.0253. The van der Waals surface area contributed by atoms with Crippen molar-refractivity contribution in [3.63, 3.8) is 0 Å². The van der Waals surface area contributed by atoms with Crippen LogP contribution in [0.1, 0.15) is 25.3 Å². The van der Waals surface area contributed by atoms with Gasteiger partial charge in [0, 0.05) is 0 Å². The molecule has 0 bridgehead atoms. The second kappa shape index (κ2) is 5.87. The lowest BCUT2D eigenvalue weighted by Gasteiger charge is -2.15. The lowest BCUT2D eigenvalue weighted by Crippen LogP contribution is -2.35. The van der Waals surface area contributed by atoms with Gasteiger partial charge < -0.3 is 15.4 Å². The van der Waals surface area contributed by atoms with E-state index in [0.29, 0.717) is 6.61 Å². The van der Waals surface area contributed by atoms with E-state index in [-0.39, 0.29) is 11.9 Å². The average molecular weight is 248 g/mol. The predicted octanol–water partition coefficient (Wildman–Crippen LogP) is 2.08. The summed E-state index contributed by atoms with van der Waals surface area (Å²) in [4.78, 5) is 12.0. The van der Waals surface area contributed by atoms with Gasteiger partial charge >= 0.3 is 0 Å². The Morgan fingerprint density at radius 1 is 1.56 bits per heavy atom. The standard InChI is InChI=1S/C14H20N2O2/c1-3-18-13-9-10(2)6-7-11(13)16-14(17)12-5-4-8-15-12/h6-7,9,12,15H,3-5,8H2,1-2H3,(H,16,17). The molecule has 1 aliphatic heterocycles. The summed E-state index contributed by atoms with van der Waals surface area (Å²) >= 11 is 0. The number of ether oxygens (including phenoxy) is 1. The fraction of sp³-hybridized carbons (Fsp3) is 0.500. The molecule has 1 unspecified atom stereocenters.